The molecule has 1 aromatic heterocycles. The predicted molar refractivity (Wildman–Crippen MR) is 83.9 cm³/mol. The molecule has 2 aliphatic rings. The molecule has 1 N–H and O–H groups in total. The fourth-order valence-corrected chi connectivity index (χ4v) is 3.58. The fourth-order valence-electron chi connectivity index (χ4n) is 3.58. The summed E-state index contributed by atoms with van der Waals surface area (Å²) >= 11 is 0. The molecule has 0 radical (unpaired) electrons. The van der Waals surface area contributed by atoms with Gasteiger partial charge < -0.3 is 5.32 Å². The van der Waals surface area contributed by atoms with Crippen molar-refractivity contribution in [3.8, 4) is 0 Å². The Labute approximate surface area is 128 Å². The molecule has 2 fully saturated rings. The van der Waals surface area contributed by atoms with Crippen LogP contribution in [0.15, 0.2) is 6.33 Å². The van der Waals surface area contributed by atoms with Gasteiger partial charge in [0.2, 0.25) is 0 Å². The van der Waals surface area contributed by atoms with Crippen molar-refractivity contribution in [3.63, 3.8) is 0 Å². The van der Waals surface area contributed by atoms with Crippen LogP contribution in [0.5, 0.6) is 0 Å². The Balaban J connectivity index is 1.73. The molecule has 2 atom stereocenters. The van der Waals surface area contributed by atoms with Crippen LogP contribution in [-0.2, 0) is 13.1 Å². The molecule has 1 aliphatic carbocycles. The van der Waals surface area contributed by atoms with Gasteiger partial charge in [0.15, 0.2) is 0 Å². The lowest BCUT2D eigenvalue weighted by atomic mass is 9.95. The highest BCUT2D eigenvalue weighted by atomic mass is 15.4. The van der Waals surface area contributed by atoms with Crippen LogP contribution >= 0.6 is 0 Å². The van der Waals surface area contributed by atoms with Crippen molar-refractivity contribution in [2.75, 3.05) is 13.1 Å². The highest BCUT2D eigenvalue weighted by molar-refractivity contribution is 5.02. The van der Waals surface area contributed by atoms with Gasteiger partial charge in [0.1, 0.15) is 12.2 Å². The average Bonchev–Trinajstić information content (AvgIpc) is 3.23. The normalized spacial score (nSPS) is 31.3. The molecule has 21 heavy (non-hydrogen) atoms. The smallest absolute Gasteiger partial charge is 0.141 e. The lowest BCUT2D eigenvalue weighted by molar-refractivity contribution is 0.149. The van der Waals surface area contributed by atoms with Crippen LogP contribution in [0.3, 0.4) is 0 Å². The minimum absolute atomic E-state index is 0.278. The second-order valence-corrected chi connectivity index (χ2v) is 7.06. The highest BCUT2D eigenvalue weighted by Crippen LogP contribution is 2.41. The largest absolute Gasteiger partial charge is 0.310 e. The van der Waals surface area contributed by atoms with Gasteiger partial charge in [-0.2, -0.15) is 5.10 Å². The minimum atomic E-state index is 0.278. The topological polar surface area (TPSA) is 46.0 Å². The molecule has 0 amide bonds. The molecule has 2 heterocycles. The van der Waals surface area contributed by atoms with Crippen LogP contribution in [0, 0.1) is 5.92 Å². The van der Waals surface area contributed by atoms with Crippen molar-refractivity contribution in [2.24, 2.45) is 5.92 Å². The molecule has 5 heteroatoms. The maximum atomic E-state index is 4.49. The molecule has 118 valence electrons. The lowest BCUT2D eigenvalue weighted by Gasteiger charge is -2.35. The van der Waals surface area contributed by atoms with E-state index in [1.54, 1.807) is 6.33 Å². The van der Waals surface area contributed by atoms with E-state index in [1.807, 2.05) is 0 Å². The first kappa shape index (κ1) is 15.0. The summed E-state index contributed by atoms with van der Waals surface area (Å²) < 4.78 is 2.07. The van der Waals surface area contributed by atoms with Crippen LogP contribution < -0.4 is 5.32 Å². The van der Waals surface area contributed by atoms with Gasteiger partial charge in [-0.1, -0.05) is 6.92 Å². The van der Waals surface area contributed by atoms with E-state index in [0.717, 1.165) is 44.3 Å². The van der Waals surface area contributed by atoms with Gasteiger partial charge in [-0.05, 0) is 52.0 Å². The zero-order chi connectivity index (χ0) is 14.9. The van der Waals surface area contributed by atoms with Gasteiger partial charge in [0.05, 0.1) is 6.54 Å². The molecule has 0 aromatic carbocycles. The van der Waals surface area contributed by atoms with Gasteiger partial charge in [0.25, 0.3) is 0 Å². The summed E-state index contributed by atoms with van der Waals surface area (Å²) in [6, 6.07) is 0.602. The Morgan fingerprint density at radius 1 is 1.38 bits per heavy atom. The second kappa shape index (κ2) is 6.05. The van der Waals surface area contributed by atoms with Crippen molar-refractivity contribution < 1.29 is 0 Å². The van der Waals surface area contributed by atoms with Crippen LogP contribution in [0.25, 0.3) is 0 Å². The van der Waals surface area contributed by atoms with Gasteiger partial charge in [-0.25, -0.2) is 9.67 Å². The van der Waals surface area contributed by atoms with Gasteiger partial charge in [0, 0.05) is 24.7 Å². The Morgan fingerprint density at radius 3 is 2.90 bits per heavy atom. The lowest BCUT2D eigenvalue weighted by Crippen LogP contribution is -2.51. The Hall–Kier alpha value is -0.940. The summed E-state index contributed by atoms with van der Waals surface area (Å²) in [5.41, 5.74) is 0.278. The Morgan fingerprint density at radius 2 is 2.19 bits per heavy atom. The Bertz CT molecular complexity index is 467. The quantitative estimate of drug-likeness (QED) is 0.902. The highest BCUT2D eigenvalue weighted by Gasteiger charge is 2.44. The van der Waals surface area contributed by atoms with Crippen molar-refractivity contribution in [2.45, 2.75) is 71.1 Å². The number of aromatic nitrogens is 3. The predicted octanol–water partition coefficient (Wildman–Crippen LogP) is 2.04. The van der Waals surface area contributed by atoms with E-state index in [4.69, 9.17) is 0 Å². The zero-order valence-corrected chi connectivity index (χ0v) is 13.7. The zero-order valence-electron chi connectivity index (χ0n) is 13.7. The van der Waals surface area contributed by atoms with Crippen LogP contribution in [0.1, 0.15) is 52.3 Å². The molecule has 0 spiro atoms. The summed E-state index contributed by atoms with van der Waals surface area (Å²) in [7, 11) is 0. The summed E-state index contributed by atoms with van der Waals surface area (Å²) in [5.74, 6) is 1.97. The first-order valence-electron chi connectivity index (χ1n) is 8.48. The van der Waals surface area contributed by atoms with E-state index in [0.29, 0.717) is 6.04 Å². The summed E-state index contributed by atoms with van der Waals surface area (Å²) in [6.45, 7) is 11.1. The van der Waals surface area contributed by atoms with Gasteiger partial charge in [-0.3, -0.25) is 4.90 Å². The van der Waals surface area contributed by atoms with E-state index in [9.17, 15) is 0 Å². The van der Waals surface area contributed by atoms with Crippen molar-refractivity contribution in [1.82, 2.24) is 25.0 Å². The third-order valence-electron chi connectivity index (χ3n) is 5.20. The van der Waals surface area contributed by atoms with Crippen molar-refractivity contribution in [1.29, 1.82) is 0 Å². The van der Waals surface area contributed by atoms with Crippen molar-refractivity contribution in [3.05, 3.63) is 12.2 Å². The van der Waals surface area contributed by atoms with Crippen LogP contribution in [0.4, 0.5) is 0 Å². The molecular formula is C16H29N5. The fraction of sp³-hybridized carbons (Fsp3) is 0.875. The van der Waals surface area contributed by atoms with Gasteiger partial charge in [-0.15, -0.1) is 0 Å². The molecule has 1 saturated heterocycles. The molecule has 1 saturated carbocycles. The molecule has 1 aliphatic heterocycles. The van der Waals surface area contributed by atoms with E-state index in [2.05, 4.69) is 45.8 Å². The van der Waals surface area contributed by atoms with Crippen LogP contribution in [-0.4, -0.2) is 44.3 Å². The standard InChI is InChI=1S/C16H29N5/c1-4-9-21-15(17-12-19-21)10-20-11-16(3,14-5-6-14)18-8-7-13(20)2/h12-14,18H,4-11H2,1-3H3. The third kappa shape index (κ3) is 3.29. The number of hydrogen-bond donors (Lipinski definition) is 1. The van der Waals surface area contributed by atoms with Gasteiger partial charge >= 0.3 is 0 Å². The number of aryl methyl sites for hydroxylation is 1. The van der Waals surface area contributed by atoms with Crippen molar-refractivity contribution >= 4 is 0 Å². The van der Waals surface area contributed by atoms with E-state index in [-0.39, 0.29) is 5.54 Å². The molecule has 3 rings (SSSR count). The first-order chi connectivity index (χ1) is 10.1. The summed E-state index contributed by atoms with van der Waals surface area (Å²) in [4.78, 5) is 7.10. The molecule has 5 nitrogen and oxygen atoms in total. The maximum absolute atomic E-state index is 4.49. The second-order valence-electron chi connectivity index (χ2n) is 7.06. The number of rotatable bonds is 5. The molecule has 1 aromatic rings. The van der Waals surface area contributed by atoms with E-state index < -0.39 is 0 Å². The SMILES string of the molecule is CCCn1ncnc1CN1CC(C)(C2CC2)NCCC1C. The maximum Gasteiger partial charge on any atom is 0.141 e. The third-order valence-corrected chi connectivity index (χ3v) is 5.20. The first-order valence-corrected chi connectivity index (χ1v) is 8.48. The number of nitrogens with one attached hydrogen (secondary N) is 1. The van der Waals surface area contributed by atoms with E-state index in [1.165, 1.54) is 19.3 Å². The summed E-state index contributed by atoms with van der Waals surface area (Å²) in [5, 5.41) is 8.18. The minimum Gasteiger partial charge on any atom is -0.310 e. The van der Waals surface area contributed by atoms with E-state index >= 15 is 0 Å². The monoisotopic (exact) mass is 291 g/mol. The Kier molecular flexibility index (Phi) is 4.31. The number of nitrogens with zero attached hydrogens (tertiary/aromatic N) is 4. The number of hydrogen-bond acceptors (Lipinski definition) is 4. The average molecular weight is 291 g/mol. The van der Waals surface area contributed by atoms with Crippen LogP contribution in [0.2, 0.25) is 0 Å². The molecule has 0 bridgehead atoms. The summed E-state index contributed by atoms with van der Waals surface area (Å²) in [6.07, 6.45) is 6.79. The molecule has 2 unspecified atom stereocenters. The molecular weight excluding hydrogens is 262 g/mol.